The van der Waals surface area contributed by atoms with Crippen LogP contribution in [0.15, 0.2) is 21.9 Å². The molecule has 0 atom stereocenters. The van der Waals surface area contributed by atoms with E-state index in [1.165, 1.54) is 9.74 Å². The standard InChI is InChI=1S/C6H7.2BrH.Ru/c1-6-4-2-3-5-6;;;/h2,4H,3H2,1H3;2*1H;/q;;;+2/p-2. The second kappa shape index (κ2) is 5.82. The molecule has 3 heteroatoms. The molecule has 1 rings (SSSR count). The van der Waals surface area contributed by atoms with Gasteiger partial charge in [-0.15, -0.1) is 0 Å². The van der Waals surface area contributed by atoms with E-state index in [9.17, 15) is 0 Å². The molecule has 0 fully saturated rings. The summed E-state index contributed by atoms with van der Waals surface area (Å²) >= 11 is 2.64. The van der Waals surface area contributed by atoms with Gasteiger partial charge in [-0.1, -0.05) is 0 Å². The van der Waals surface area contributed by atoms with Gasteiger partial charge in [-0.05, 0) is 0 Å². The second-order valence-corrected chi connectivity index (χ2v) is 2.73. The first-order valence-electron chi connectivity index (χ1n) is 2.31. The summed E-state index contributed by atoms with van der Waals surface area (Å²) in [6.07, 6.45) is 5.48. The summed E-state index contributed by atoms with van der Waals surface area (Å²) in [4.78, 5) is 0. The minimum atomic E-state index is 0. The Morgan fingerprint density at radius 1 is 1.44 bits per heavy atom. The topological polar surface area (TPSA) is 0 Å². The smallest absolute Gasteiger partial charge is 1.00 e. The molecule has 0 aromatic heterocycles. The summed E-state index contributed by atoms with van der Waals surface area (Å²) in [5.74, 6) is 0. The second-order valence-electron chi connectivity index (χ2n) is 1.68. The van der Waals surface area contributed by atoms with Crippen LogP contribution < -0.4 is 34.0 Å². The Labute approximate surface area is 87.0 Å². The first kappa shape index (κ1) is 12.7. The minimum absolute atomic E-state index is 0. The van der Waals surface area contributed by atoms with Crippen molar-refractivity contribution < 1.29 is 52.3 Å². The maximum atomic E-state index is 2.64. The molecule has 1 aliphatic carbocycles. The molecule has 0 aliphatic heterocycles. The number of allylic oxidation sites excluding steroid dienone is 4. The number of halogens is 2. The van der Waals surface area contributed by atoms with Crippen molar-refractivity contribution in [2.45, 2.75) is 13.3 Å². The third-order valence-corrected chi connectivity index (χ3v) is 2.12. The molecule has 0 spiro atoms. The van der Waals surface area contributed by atoms with Crippen molar-refractivity contribution in [3.8, 4) is 0 Å². The fraction of sp³-hybridized carbons (Fsp3) is 0.333. The van der Waals surface area contributed by atoms with E-state index in [4.69, 9.17) is 0 Å². The van der Waals surface area contributed by atoms with Crippen molar-refractivity contribution in [1.29, 1.82) is 0 Å². The van der Waals surface area contributed by atoms with Crippen LogP contribution in [0.2, 0.25) is 0 Å². The molecule has 1 aliphatic rings. The molecule has 0 saturated heterocycles. The molecule has 53 valence electrons. The van der Waals surface area contributed by atoms with Crippen LogP contribution in [0.3, 0.4) is 0 Å². The van der Waals surface area contributed by atoms with Gasteiger partial charge in [0.25, 0.3) is 0 Å². The zero-order valence-electron chi connectivity index (χ0n) is 4.97. The SMILES string of the molecule is CC1=[C]([Ru+2])CC=C1.[Br-].[Br-]. The summed E-state index contributed by atoms with van der Waals surface area (Å²) < 4.78 is 1.44. The molecule has 0 nitrogen and oxygen atoms in total. The average Bonchev–Trinajstić information content (AvgIpc) is 1.91. The van der Waals surface area contributed by atoms with Crippen LogP contribution in [-0.4, -0.2) is 0 Å². The van der Waals surface area contributed by atoms with Gasteiger partial charge in [0, 0.05) is 0 Å². The fourth-order valence-corrected chi connectivity index (χ4v) is 0.935. The predicted molar refractivity (Wildman–Crippen MR) is 26.5 cm³/mol. The van der Waals surface area contributed by atoms with E-state index < -0.39 is 0 Å². The van der Waals surface area contributed by atoms with E-state index in [2.05, 4.69) is 37.4 Å². The quantitative estimate of drug-likeness (QED) is 0.392. The molecule has 0 N–H and O–H groups in total. The van der Waals surface area contributed by atoms with Crippen LogP contribution in [0.1, 0.15) is 13.3 Å². The Bertz CT molecular complexity index is 138. The van der Waals surface area contributed by atoms with Gasteiger partial charge >= 0.3 is 53.5 Å². The van der Waals surface area contributed by atoms with Gasteiger partial charge < -0.3 is 34.0 Å². The number of rotatable bonds is 0. The summed E-state index contributed by atoms with van der Waals surface area (Å²) in [5.41, 5.74) is 1.41. The molecule has 0 aromatic rings. The summed E-state index contributed by atoms with van der Waals surface area (Å²) in [6, 6.07) is 0. The van der Waals surface area contributed by atoms with Gasteiger partial charge in [-0.3, -0.25) is 0 Å². The molecule has 0 heterocycles. The molecule has 0 amide bonds. The summed E-state index contributed by atoms with van der Waals surface area (Å²) in [5, 5.41) is 0. The van der Waals surface area contributed by atoms with Gasteiger partial charge in [0.15, 0.2) is 0 Å². The molecule has 0 radical (unpaired) electrons. The van der Waals surface area contributed by atoms with Crippen molar-refractivity contribution in [2.75, 3.05) is 0 Å². The zero-order chi connectivity index (χ0) is 5.28. The van der Waals surface area contributed by atoms with Gasteiger partial charge in [0.05, 0.1) is 0 Å². The van der Waals surface area contributed by atoms with Crippen LogP contribution in [0, 0.1) is 0 Å². The van der Waals surface area contributed by atoms with Gasteiger partial charge in [-0.2, -0.15) is 0 Å². The third kappa shape index (κ3) is 3.69. The van der Waals surface area contributed by atoms with Crippen LogP contribution in [0.5, 0.6) is 0 Å². The molecular formula is C6H7Br2Ru. The Morgan fingerprint density at radius 3 is 2.11 bits per heavy atom. The molecule has 9 heavy (non-hydrogen) atoms. The van der Waals surface area contributed by atoms with Crippen molar-refractivity contribution in [1.82, 2.24) is 0 Å². The Kier molecular flexibility index (Phi) is 8.22. The minimum Gasteiger partial charge on any atom is -1.00 e. The molecular weight excluding hydrogens is 333 g/mol. The third-order valence-electron chi connectivity index (χ3n) is 1.08. The van der Waals surface area contributed by atoms with E-state index in [0.717, 1.165) is 6.42 Å². The maximum absolute atomic E-state index is 2.64. The zero-order valence-corrected chi connectivity index (χ0v) is 9.88. The van der Waals surface area contributed by atoms with E-state index in [1.54, 1.807) is 0 Å². The molecule has 0 saturated carbocycles. The van der Waals surface area contributed by atoms with E-state index >= 15 is 0 Å². The van der Waals surface area contributed by atoms with Crippen molar-refractivity contribution in [2.24, 2.45) is 0 Å². The Balaban J connectivity index is 0. The predicted octanol–water partition coefficient (Wildman–Crippen LogP) is -4.22. The van der Waals surface area contributed by atoms with Gasteiger partial charge in [-0.25, -0.2) is 0 Å². The Morgan fingerprint density at radius 2 is 2.00 bits per heavy atom. The van der Waals surface area contributed by atoms with Crippen LogP contribution in [-0.2, 0) is 18.3 Å². The van der Waals surface area contributed by atoms with Crippen LogP contribution in [0.4, 0.5) is 0 Å². The maximum Gasteiger partial charge on any atom is -1.00 e. The largest absolute Gasteiger partial charge is 1.00 e. The van der Waals surface area contributed by atoms with Crippen LogP contribution >= 0.6 is 0 Å². The molecule has 0 bridgehead atoms. The molecule has 0 aromatic carbocycles. The monoisotopic (exact) mass is 339 g/mol. The van der Waals surface area contributed by atoms with Gasteiger partial charge in [0.2, 0.25) is 0 Å². The van der Waals surface area contributed by atoms with E-state index in [1.807, 2.05) is 0 Å². The van der Waals surface area contributed by atoms with Crippen LogP contribution in [0.25, 0.3) is 0 Å². The summed E-state index contributed by atoms with van der Waals surface area (Å²) in [7, 11) is 0. The average molecular weight is 340 g/mol. The van der Waals surface area contributed by atoms with E-state index in [-0.39, 0.29) is 34.0 Å². The number of hydrogen-bond donors (Lipinski definition) is 0. The number of hydrogen-bond acceptors (Lipinski definition) is 0. The van der Waals surface area contributed by atoms with Gasteiger partial charge in [0.1, 0.15) is 0 Å². The Hall–Kier alpha value is 1.06. The van der Waals surface area contributed by atoms with Crippen molar-refractivity contribution in [3.63, 3.8) is 0 Å². The van der Waals surface area contributed by atoms with Crippen molar-refractivity contribution in [3.05, 3.63) is 21.9 Å². The van der Waals surface area contributed by atoms with E-state index in [0.29, 0.717) is 0 Å². The summed E-state index contributed by atoms with van der Waals surface area (Å²) in [6.45, 7) is 2.13. The normalized spacial score (nSPS) is 14.8. The first-order valence-corrected chi connectivity index (χ1v) is 3.18. The van der Waals surface area contributed by atoms with Crippen molar-refractivity contribution >= 4 is 0 Å². The molecule has 0 unspecified atom stereocenters. The fourth-order valence-electron chi connectivity index (χ4n) is 0.586. The first-order chi connectivity index (χ1) is 3.30.